The number of carbonyl (C=O) groups excluding carboxylic acids is 1. The van der Waals surface area contributed by atoms with E-state index in [0.29, 0.717) is 13.0 Å². The molecular formula is C16H16FNO3. The van der Waals surface area contributed by atoms with Crippen LogP contribution in [0.3, 0.4) is 0 Å². The molecule has 0 atom stereocenters. The van der Waals surface area contributed by atoms with E-state index in [0.717, 1.165) is 11.8 Å². The topological polar surface area (TPSA) is 48.4 Å². The van der Waals surface area contributed by atoms with Crippen LogP contribution in [0, 0.1) is 5.82 Å². The molecule has 21 heavy (non-hydrogen) atoms. The van der Waals surface area contributed by atoms with Crippen LogP contribution in [-0.2, 0) is 11.2 Å². The lowest BCUT2D eigenvalue weighted by atomic mass is 10.1. The predicted molar refractivity (Wildman–Crippen MR) is 76.0 cm³/mol. The van der Waals surface area contributed by atoms with Crippen molar-refractivity contribution in [2.45, 2.75) is 6.42 Å². The van der Waals surface area contributed by atoms with Crippen molar-refractivity contribution in [3.8, 4) is 5.75 Å². The molecule has 2 rings (SSSR count). The number of hydrogen-bond acceptors (Lipinski definition) is 4. The van der Waals surface area contributed by atoms with Gasteiger partial charge in [0.05, 0.1) is 13.7 Å². The molecule has 2 aromatic rings. The van der Waals surface area contributed by atoms with Gasteiger partial charge in [-0.2, -0.15) is 0 Å². The molecule has 0 saturated carbocycles. The molecule has 110 valence electrons. The Balaban J connectivity index is 1.80. The quantitative estimate of drug-likeness (QED) is 0.581. The smallest absolute Gasteiger partial charge is 0.188 e. The Kier molecular flexibility index (Phi) is 5.40. The zero-order chi connectivity index (χ0) is 15.1. The summed E-state index contributed by atoms with van der Waals surface area (Å²) in [7, 11) is 1.38. The third-order valence-corrected chi connectivity index (χ3v) is 2.94. The van der Waals surface area contributed by atoms with Crippen molar-refractivity contribution in [2.75, 3.05) is 20.3 Å². The minimum absolute atomic E-state index is 0.0847. The maximum Gasteiger partial charge on any atom is 0.188 e. The summed E-state index contributed by atoms with van der Waals surface area (Å²) in [5, 5.41) is 0. The van der Waals surface area contributed by atoms with Crippen LogP contribution >= 0.6 is 0 Å². The second kappa shape index (κ2) is 7.50. The zero-order valence-electron chi connectivity index (χ0n) is 11.7. The van der Waals surface area contributed by atoms with Gasteiger partial charge in [-0.25, -0.2) is 4.39 Å². The van der Waals surface area contributed by atoms with E-state index in [1.807, 2.05) is 18.2 Å². The normalized spacial score (nSPS) is 10.4. The number of nitrogens with zero attached hydrogens (tertiary/aromatic N) is 1. The molecule has 0 aliphatic heterocycles. The van der Waals surface area contributed by atoms with Gasteiger partial charge in [-0.1, -0.05) is 6.07 Å². The molecule has 4 nitrogen and oxygen atoms in total. The monoisotopic (exact) mass is 289 g/mol. The molecule has 0 aliphatic rings. The fourth-order valence-electron chi connectivity index (χ4n) is 1.81. The first-order chi connectivity index (χ1) is 10.2. The van der Waals surface area contributed by atoms with Gasteiger partial charge in [-0.3, -0.25) is 9.78 Å². The number of halogens is 1. The standard InChI is InChI=1S/C16H16FNO3/c1-20-16-6-5-12(10-14(16)17)15(19)11-21-9-7-13-4-2-3-8-18-13/h2-6,8,10H,7,9,11H2,1H3. The highest BCUT2D eigenvalue weighted by molar-refractivity contribution is 5.97. The summed E-state index contributed by atoms with van der Waals surface area (Å²) in [5.41, 5.74) is 1.17. The summed E-state index contributed by atoms with van der Waals surface area (Å²) in [6.45, 7) is 0.306. The molecule has 0 unspecified atom stereocenters. The number of pyridine rings is 1. The summed E-state index contributed by atoms with van der Waals surface area (Å²) < 4.78 is 23.6. The fraction of sp³-hybridized carbons (Fsp3) is 0.250. The number of carbonyl (C=O) groups is 1. The van der Waals surface area contributed by atoms with Gasteiger partial charge < -0.3 is 9.47 Å². The van der Waals surface area contributed by atoms with Gasteiger partial charge in [0.2, 0.25) is 0 Å². The predicted octanol–water partition coefficient (Wildman–Crippen LogP) is 2.67. The molecule has 0 spiro atoms. The van der Waals surface area contributed by atoms with Crippen LogP contribution in [0.15, 0.2) is 42.6 Å². The minimum atomic E-state index is -0.558. The molecule has 0 N–H and O–H groups in total. The van der Waals surface area contributed by atoms with E-state index in [1.54, 1.807) is 6.20 Å². The van der Waals surface area contributed by atoms with Gasteiger partial charge in [-0.05, 0) is 30.3 Å². The summed E-state index contributed by atoms with van der Waals surface area (Å²) >= 11 is 0. The van der Waals surface area contributed by atoms with Crippen LogP contribution < -0.4 is 4.74 Å². The van der Waals surface area contributed by atoms with Crippen LogP contribution in [-0.4, -0.2) is 31.1 Å². The maximum absolute atomic E-state index is 13.5. The van der Waals surface area contributed by atoms with E-state index in [1.165, 1.54) is 19.2 Å². The van der Waals surface area contributed by atoms with E-state index in [4.69, 9.17) is 9.47 Å². The molecule has 0 saturated heterocycles. The molecule has 5 heteroatoms. The van der Waals surface area contributed by atoms with Gasteiger partial charge in [0.15, 0.2) is 17.3 Å². The van der Waals surface area contributed by atoms with Crippen LogP contribution in [0.25, 0.3) is 0 Å². The Bertz CT molecular complexity index is 602. The maximum atomic E-state index is 13.5. The largest absolute Gasteiger partial charge is 0.494 e. The molecule has 0 radical (unpaired) electrons. The highest BCUT2D eigenvalue weighted by Crippen LogP contribution is 2.17. The highest BCUT2D eigenvalue weighted by atomic mass is 19.1. The molecule has 1 aromatic carbocycles. The van der Waals surface area contributed by atoms with Crippen molar-refractivity contribution >= 4 is 5.78 Å². The summed E-state index contributed by atoms with van der Waals surface area (Å²) in [6.07, 6.45) is 2.34. The second-order valence-electron chi connectivity index (χ2n) is 4.40. The Hall–Kier alpha value is -2.27. The van der Waals surface area contributed by atoms with Crippen LogP contribution in [0.1, 0.15) is 16.1 Å². The number of ether oxygens (including phenoxy) is 2. The Morgan fingerprint density at radius 1 is 1.29 bits per heavy atom. The molecule has 0 amide bonds. The highest BCUT2D eigenvalue weighted by Gasteiger charge is 2.10. The van der Waals surface area contributed by atoms with Gasteiger partial charge >= 0.3 is 0 Å². The Morgan fingerprint density at radius 3 is 2.81 bits per heavy atom. The summed E-state index contributed by atoms with van der Waals surface area (Å²) in [4.78, 5) is 16.0. The summed E-state index contributed by atoms with van der Waals surface area (Å²) in [6, 6.07) is 9.73. The van der Waals surface area contributed by atoms with Gasteiger partial charge in [0, 0.05) is 23.9 Å². The molecule has 1 aromatic heterocycles. The Morgan fingerprint density at radius 2 is 2.14 bits per heavy atom. The van der Waals surface area contributed by atoms with E-state index in [-0.39, 0.29) is 23.7 Å². The zero-order valence-corrected chi connectivity index (χ0v) is 11.7. The van der Waals surface area contributed by atoms with Crippen LogP contribution in [0.2, 0.25) is 0 Å². The van der Waals surface area contributed by atoms with Crippen molar-refractivity contribution in [3.63, 3.8) is 0 Å². The molecular weight excluding hydrogens is 273 g/mol. The summed E-state index contributed by atoms with van der Waals surface area (Å²) in [5.74, 6) is -0.711. The minimum Gasteiger partial charge on any atom is -0.494 e. The van der Waals surface area contributed by atoms with Gasteiger partial charge in [0.25, 0.3) is 0 Å². The van der Waals surface area contributed by atoms with Crippen LogP contribution in [0.5, 0.6) is 5.75 Å². The third-order valence-electron chi connectivity index (χ3n) is 2.94. The first-order valence-electron chi connectivity index (χ1n) is 6.55. The lowest BCUT2D eigenvalue weighted by Crippen LogP contribution is -2.11. The van der Waals surface area contributed by atoms with E-state index >= 15 is 0 Å². The van der Waals surface area contributed by atoms with Gasteiger partial charge in [-0.15, -0.1) is 0 Å². The number of methoxy groups -OCH3 is 1. The van der Waals surface area contributed by atoms with Crippen molar-refractivity contribution in [1.82, 2.24) is 4.98 Å². The van der Waals surface area contributed by atoms with Crippen LogP contribution in [0.4, 0.5) is 4.39 Å². The van der Waals surface area contributed by atoms with E-state index in [2.05, 4.69) is 4.98 Å². The van der Waals surface area contributed by atoms with Crippen molar-refractivity contribution in [2.24, 2.45) is 0 Å². The van der Waals surface area contributed by atoms with Gasteiger partial charge in [0.1, 0.15) is 6.61 Å². The van der Waals surface area contributed by atoms with E-state index in [9.17, 15) is 9.18 Å². The molecule has 1 heterocycles. The number of Topliss-reactive ketones (excluding diaryl/α,β-unsaturated/α-hetero) is 1. The average molecular weight is 289 g/mol. The van der Waals surface area contributed by atoms with Crippen molar-refractivity contribution in [3.05, 3.63) is 59.7 Å². The number of ketones is 1. The average Bonchev–Trinajstić information content (AvgIpc) is 2.52. The Labute approximate surface area is 122 Å². The SMILES string of the molecule is COc1ccc(C(=O)COCCc2ccccn2)cc1F. The third kappa shape index (κ3) is 4.36. The number of hydrogen-bond donors (Lipinski definition) is 0. The lowest BCUT2D eigenvalue weighted by molar-refractivity contribution is 0.0764. The molecule has 0 fully saturated rings. The number of aromatic nitrogens is 1. The molecule has 0 aliphatic carbocycles. The van der Waals surface area contributed by atoms with E-state index < -0.39 is 5.82 Å². The van der Waals surface area contributed by atoms with Crippen molar-refractivity contribution < 1.29 is 18.7 Å². The fourth-order valence-corrected chi connectivity index (χ4v) is 1.81. The first-order valence-corrected chi connectivity index (χ1v) is 6.55. The number of rotatable bonds is 7. The first kappa shape index (κ1) is 15.1. The molecule has 0 bridgehead atoms. The lowest BCUT2D eigenvalue weighted by Gasteiger charge is -2.06. The number of benzene rings is 1. The van der Waals surface area contributed by atoms with Crippen molar-refractivity contribution in [1.29, 1.82) is 0 Å². The second-order valence-corrected chi connectivity index (χ2v) is 4.40.